The second-order valence-electron chi connectivity index (χ2n) is 6.39. The van der Waals surface area contributed by atoms with E-state index in [1.165, 1.54) is 0 Å². The van der Waals surface area contributed by atoms with Gasteiger partial charge in [0.2, 0.25) is 5.91 Å². The maximum absolute atomic E-state index is 12.6. The van der Waals surface area contributed by atoms with Crippen LogP contribution in [0.1, 0.15) is 33.6 Å². The number of amides is 2. The highest BCUT2D eigenvalue weighted by Crippen LogP contribution is 2.23. The summed E-state index contributed by atoms with van der Waals surface area (Å²) in [5, 5.41) is 3.24. The molecule has 2 aromatic carbocycles. The Labute approximate surface area is 165 Å². The van der Waals surface area contributed by atoms with Crippen molar-refractivity contribution < 1.29 is 14.3 Å². The Bertz CT molecular complexity index is 778. The summed E-state index contributed by atoms with van der Waals surface area (Å²) in [7, 11) is 1.93. The van der Waals surface area contributed by atoms with Crippen LogP contribution in [-0.4, -0.2) is 42.9 Å². The van der Waals surface area contributed by atoms with Gasteiger partial charge in [-0.15, -0.1) is 12.4 Å². The van der Waals surface area contributed by atoms with Crippen molar-refractivity contribution in [2.45, 2.75) is 18.9 Å². The summed E-state index contributed by atoms with van der Waals surface area (Å²) in [6.45, 7) is 1.53. The minimum atomic E-state index is -0.474. The molecule has 0 spiro atoms. The van der Waals surface area contributed by atoms with E-state index in [4.69, 9.17) is 10.5 Å². The number of primary amides is 1. The lowest BCUT2D eigenvalue weighted by Crippen LogP contribution is -2.46. The number of hydrogen-bond donors (Lipinski definition) is 2. The summed E-state index contributed by atoms with van der Waals surface area (Å²) in [5.74, 6) is 0.794. The van der Waals surface area contributed by atoms with E-state index in [1.807, 2.05) is 11.9 Å². The van der Waals surface area contributed by atoms with Crippen LogP contribution >= 0.6 is 12.4 Å². The quantitative estimate of drug-likeness (QED) is 0.823. The topological polar surface area (TPSA) is 84.7 Å². The maximum atomic E-state index is 12.6. The maximum Gasteiger partial charge on any atom is 0.253 e. The molecule has 2 aromatic rings. The van der Waals surface area contributed by atoms with Gasteiger partial charge >= 0.3 is 0 Å². The Hall–Kier alpha value is -2.57. The highest BCUT2D eigenvalue weighted by Gasteiger charge is 2.23. The van der Waals surface area contributed by atoms with Crippen molar-refractivity contribution in [3.63, 3.8) is 0 Å². The largest absolute Gasteiger partial charge is 0.457 e. The van der Waals surface area contributed by atoms with E-state index < -0.39 is 5.91 Å². The average Bonchev–Trinajstić information content (AvgIpc) is 2.68. The Balaban J connectivity index is 0.00000261. The summed E-state index contributed by atoms with van der Waals surface area (Å²) in [5.41, 5.74) is 6.30. The minimum Gasteiger partial charge on any atom is -0.457 e. The number of benzene rings is 2. The van der Waals surface area contributed by atoms with Gasteiger partial charge in [0.25, 0.3) is 5.91 Å². The normalized spacial score (nSPS) is 16.3. The van der Waals surface area contributed by atoms with Crippen molar-refractivity contribution in [1.29, 1.82) is 0 Å². The van der Waals surface area contributed by atoms with E-state index in [0.29, 0.717) is 28.7 Å². The molecule has 0 aliphatic carbocycles. The predicted octanol–water partition coefficient (Wildman–Crippen LogP) is 2.82. The van der Waals surface area contributed by atoms with Crippen LogP contribution < -0.4 is 15.8 Å². The lowest BCUT2D eigenvalue weighted by molar-refractivity contribution is 0.0698. The Kier molecular flexibility index (Phi) is 7.21. The van der Waals surface area contributed by atoms with Gasteiger partial charge < -0.3 is 20.7 Å². The minimum absolute atomic E-state index is 0. The summed E-state index contributed by atoms with van der Waals surface area (Å²) in [6.07, 6.45) is 2.11. The van der Waals surface area contributed by atoms with Gasteiger partial charge in [0.15, 0.2) is 0 Å². The van der Waals surface area contributed by atoms with Crippen LogP contribution in [0.5, 0.6) is 11.5 Å². The van der Waals surface area contributed by atoms with E-state index in [1.54, 1.807) is 48.5 Å². The van der Waals surface area contributed by atoms with Gasteiger partial charge in [-0.1, -0.05) is 0 Å². The molecule has 3 N–H and O–H groups in total. The lowest BCUT2D eigenvalue weighted by Gasteiger charge is -2.32. The number of nitrogens with one attached hydrogen (secondary N) is 1. The zero-order valence-electron chi connectivity index (χ0n) is 15.2. The Morgan fingerprint density at radius 1 is 1.04 bits per heavy atom. The first-order valence-electron chi connectivity index (χ1n) is 8.71. The standard InChI is InChI=1S/C20H23N3O3.ClH/c1-22-16-3-2-12-23(13-16)20(25)15-6-10-18(11-7-15)26-17-8-4-14(5-9-17)19(21)24;/h4-11,16,22H,2-3,12-13H2,1H3,(H2,21,24);1H. The number of hydrogen-bond acceptors (Lipinski definition) is 4. The van der Waals surface area contributed by atoms with Crippen LogP contribution in [0.3, 0.4) is 0 Å². The average molecular weight is 390 g/mol. The molecule has 1 fully saturated rings. The number of ether oxygens (including phenoxy) is 1. The molecule has 7 heteroatoms. The van der Waals surface area contributed by atoms with Crippen molar-refractivity contribution >= 4 is 24.2 Å². The Morgan fingerprint density at radius 3 is 2.11 bits per heavy atom. The lowest BCUT2D eigenvalue weighted by atomic mass is 10.0. The molecule has 1 saturated heterocycles. The molecule has 0 bridgehead atoms. The van der Waals surface area contributed by atoms with E-state index in [2.05, 4.69) is 5.32 Å². The molecule has 3 rings (SSSR count). The monoisotopic (exact) mass is 389 g/mol. The number of likely N-dealkylation sites (tertiary alicyclic amines) is 1. The van der Waals surface area contributed by atoms with Gasteiger partial charge in [-0.05, 0) is 68.4 Å². The zero-order chi connectivity index (χ0) is 18.5. The van der Waals surface area contributed by atoms with Crippen LogP contribution in [0.25, 0.3) is 0 Å². The molecular formula is C20H24ClN3O3. The number of carbonyl (C=O) groups is 2. The van der Waals surface area contributed by atoms with E-state index in [-0.39, 0.29) is 18.3 Å². The van der Waals surface area contributed by atoms with Gasteiger partial charge in [0, 0.05) is 30.3 Å². The van der Waals surface area contributed by atoms with Gasteiger partial charge in [-0.3, -0.25) is 9.59 Å². The molecular weight excluding hydrogens is 366 g/mol. The van der Waals surface area contributed by atoms with Gasteiger partial charge in [0.1, 0.15) is 11.5 Å². The smallest absolute Gasteiger partial charge is 0.253 e. The molecule has 2 amide bonds. The van der Waals surface area contributed by atoms with Crippen molar-refractivity contribution in [2.24, 2.45) is 5.73 Å². The van der Waals surface area contributed by atoms with Gasteiger partial charge in [-0.25, -0.2) is 0 Å². The van der Waals surface area contributed by atoms with E-state index in [0.717, 1.165) is 25.9 Å². The SMILES string of the molecule is CNC1CCCN(C(=O)c2ccc(Oc3ccc(C(N)=O)cc3)cc2)C1.Cl. The second kappa shape index (κ2) is 9.39. The first-order chi connectivity index (χ1) is 12.6. The highest BCUT2D eigenvalue weighted by atomic mass is 35.5. The van der Waals surface area contributed by atoms with E-state index >= 15 is 0 Å². The van der Waals surface area contributed by atoms with Gasteiger partial charge in [-0.2, -0.15) is 0 Å². The highest BCUT2D eigenvalue weighted by molar-refractivity contribution is 5.94. The van der Waals surface area contributed by atoms with Crippen molar-refractivity contribution in [3.8, 4) is 11.5 Å². The number of carbonyl (C=O) groups excluding carboxylic acids is 2. The van der Waals surface area contributed by atoms with Crippen LogP contribution in [0.4, 0.5) is 0 Å². The fourth-order valence-corrected chi connectivity index (χ4v) is 3.07. The molecule has 144 valence electrons. The summed E-state index contributed by atoms with van der Waals surface area (Å²) in [4.78, 5) is 25.6. The molecule has 0 saturated carbocycles. The molecule has 1 heterocycles. The first kappa shape index (κ1) is 20.7. The van der Waals surface area contributed by atoms with Crippen LogP contribution in [0.2, 0.25) is 0 Å². The number of piperidine rings is 1. The fourth-order valence-electron chi connectivity index (χ4n) is 3.07. The fraction of sp³-hybridized carbons (Fsp3) is 0.300. The zero-order valence-corrected chi connectivity index (χ0v) is 16.0. The van der Waals surface area contributed by atoms with Crippen LogP contribution in [0, 0.1) is 0 Å². The molecule has 0 aromatic heterocycles. The molecule has 6 nitrogen and oxygen atoms in total. The molecule has 1 atom stereocenters. The number of rotatable bonds is 5. The Morgan fingerprint density at radius 2 is 1.59 bits per heavy atom. The summed E-state index contributed by atoms with van der Waals surface area (Å²) < 4.78 is 5.74. The third-order valence-corrected chi connectivity index (χ3v) is 4.59. The predicted molar refractivity (Wildman–Crippen MR) is 107 cm³/mol. The van der Waals surface area contributed by atoms with Crippen molar-refractivity contribution in [1.82, 2.24) is 10.2 Å². The third-order valence-electron chi connectivity index (χ3n) is 4.59. The number of likely N-dealkylation sites (N-methyl/N-ethyl adjacent to an activating group) is 1. The summed E-state index contributed by atoms with van der Waals surface area (Å²) >= 11 is 0. The van der Waals surface area contributed by atoms with Crippen LogP contribution in [-0.2, 0) is 0 Å². The molecule has 1 aliphatic heterocycles. The molecule has 1 unspecified atom stereocenters. The molecule has 1 aliphatic rings. The van der Waals surface area contributed by atoms with E-state index in [9.17, 15) is 9.59 Å². The van der Waals surface area contributed by atoms with Crippen molar-refractivity contribution in [2.75, 3.05) is 20.1 Å². The molecule has 0 radical (unpaired) electrons. The number of halogens is 1. The number of nitrogens with zero attached hydrogens (tertiary/aromatic N) is 1. The summed E-state index contributed by atoms with van der Waals surface area (Å²) in [6, 6.07) is 14.1. The second-order valence-corrected chi connectivity index (χ2v) is 6.39. The van der Waals surface area contributed by atoms with Crippen molar-refractivity contribution in [3.05, 3.63) is 59.7 Å². The first-order valence-corrected chi connectivity index (χ1v) is 8.71. The van der Waals surface area contributed by atoms with Crippen LogP contribution in [0.15, 0.2) is 48.5 Å². The van der Waals surface area contributed by atoms with Gasteiger partial charge in [0.05, 0.1) is 0 Å². The number of nitrogens with two attached hydrogens (primary N) is 1. The third kappa shape index (κ3) is 5.21. The molecule has 27 heavy (non-hydrogen) atoms.